The predicted octanol–water partition coefficient (Wildman–Crippen LogP) is 5.66. The van der Waals surface area contributed by atoms with E-state index in [2.05, 4.69) is 20.8 Å². The van der Waals surface area contributed by atoms with E-state index in [1.165, 1.54) is 38.5 Å². The summed E-state index contributed by atoms with van der Waals surface area (Å²) in [5, 5.41) is 0. The molecule has 0 heterocycles. The molecule has 0 fully saturated rings. The number of hydrogen-bond acceptors (Lipinski definition) is 3. The quantitative estimate of drug-likeness (QED) is 0.339. The number of hydrogen-bond donors (Lipinski definition) is 0. The van der Waals surface area contributed by atoms with Crippen molar-refractivity contribution in [2.75, 3.05) is 19.8 Å². The van der Waals surface area contributed by atoms with E-state index < -0.39 is 20.4 Å². The number of rotatable bonds is 15. The minimum absolute atomic E-state index is 0.676. The molecule has 0 rings (SSSR count). The molecule has 0 aromatic carbocycles. The summed E-state index contributed by atoms with van der Waals surface area (Å²) in [4.78, 5) is 0. The second kappa shape index (κ2) is 15.0. The standard InChI is InChI=1S/3C5H11O.ClH.Zr/c3*1-2-3-4-5-6;;/h3*2-5H2,1H3;1H;/q3*-1;;+4/p-1. The van der Waals surface area contributed by atoms with E-state index in [0.29, 0.717) is 19.8 Å². The molecule has 0 aromatic rings. The van der Waals surface area contributed by atoms with Crippen molar-refractivity contribution < 1.29 is 28.8 Å². The van der Waals surface area contributed by atoms with E-state index in [1.807, 2.05) is 0 Å². The van der Waals surface area contributed by atoms with E-state index in [-0.39, 0.29) is 0 Å². The first-order chi connectivity index (χ1) is 9.68. The van der Waals surface area contributed by atoms with Crippen LogP contribution in [0.4, 0.5) is 0 Å². The van der Waals surface area contributed by atoms with E-state index in [0.717, 1.165) is 19.3 Å². The van der Waals surface area contributed by atoms with Crippen LogP contribution in [0.5, 0.6) is 0 Å². The Kier molecular flexibility index (Phi) is 15.8. The van der Waals surface area contributed by atoms with Crippen LogP contribution in [0, 0.1) is 0 Å². The van der Waals surface area contributed by atoms with E-state index in [1.54, 1.807) is 0 Å². The van der Waals surface area contributed by atoms with Crippen molar-refractivity contribution in [1.29, 1.82) is 0 Å². The average molecular weight is 388 g/mol. The van der Waals surface area contributed by atoms with Gasteiger partial charge in [0.25, 0.3) is 0 Å². The summed E-state index contributed by atoms with van der Waals surface area (Å²) in [5.74, 6) is 0. The summed E-state index contributed by atoms with van der Waals surface area (Å²) in [7, 11) is 6.52. The van der Waals surface area contributed by atoms with Crippen molar-refractivity contribution in [1.82, 2.24) is 0 Å². The van der Waals surface area contributed by atoms with Gasteiger partial charge < -0.3 is 0 Å². The van der Waals surface area contributed by atoms with Crippen LogP contribution in [0.2, 0.25) is 0 Å². The first-order valence-electron chi connectivity index (χ1n) is 8.29. The second-order valence-corrected chi connectivity index (χ2v) is 12.4. The van der Waals surface area contributed by atoms with Crippen molar-refractivity contribution in [2.45, 2.75) is 78.6 Å². The average Bonchev–Trinajstić information content (AvgIpc) is 2.45. The van der Waals surface area contributed by atoms with Crippen molar-refractivity contribution in [3.05, 3.63) is 0 Å². The zero-order valence-corrected chi connectivity index (χ0v) is 16.8. The molecule has 0 aliphatic rings. The zero-order valence-electron chi connectivity index (χ0n) is 13.6. The fraction of sp³-hybridized carbons (Fsp3) is 1.00. The van der Waals surface area contributed by atoms with Crippen LogP contribution in [-0.2, 0) is 28.8 Å². The Hall–Kier alpha value is 1.05. The molecule has 5 heteroatoms. The Balaban J connectivity index is 3.98. The third kappa shape index (κ3) is 12.8. The van der Waals surface area contributed by atoms with Crippen molar-refractivity contribution >= 4 is 8.51 Å². The van der Waals surface area contributed by atoms with Crippen molar-refractivity contribution in [2.24, 2.45) is 0 Å². The van der Waals surface area contributed by atoms with Gasteiger partial charge in [-0.2, -0.15) is 0 Å². The van der Waals surface area contributed by atoms with Gasteiger partial charge in [-0.05, 0) is 0 Å². The van der Waals surface area contributed by atoms with Gasteiger partial charge in [-0.15, -0.1) is 0 Å². The van der Waals surface area contributed by atoms with Crippen molar-refractivity contribution in [3.63, 3.8) is 0 Å². The minimum atomic E-state index is -3.72. The normalized spacial score (nSPS) is 12.0. The van der Waals surface area contributed by atoms with Gasteiger partial charge in [-0.3, -0.25) is 0 Å². The van der Waals surface area contributed by atoms with E-state index >= 15 is 0 Å². The summed E-state index contributed by atoms with van der Waals surface area (Å²) in [6.45, 7) is 8.57. The molecule has 0 aromatic heterocycles. The molecule has 3 nitrogen and oxygen atoms in total. The molecular formula is C15H33ClO3Zr. The molecule has 0 radical (unpaired) electrons. The molecule has 122 valence electrons. The Bertz CT molecular complexity index is 174. The molecule has 20 heavy (non-hydrogen) atoms. The van der Waals surface area contributed by atoms with Crippen LogP contribution >= 0.6 is 8.51 Å². The molecule has 0 aliphatic heterocycles. The molecule has 0 saturated heterocycles. The number of halogens is 1. The Morgan fingerprint density at radius 3 is 1.15 bits per heavy atom. The number of unbranched alkanes of at least 4 members (excludes halogenated alkanes) is 6. The van der Waals surface area contributed by atoms with Gasteiger partial charge in [0.1, 0.15) is 0 Å². The van der Waals surface area contributed by atoms with Gasteiger partial charge in [0, 0.05) is 0 Å². The maximum absolute atomic E-state index is 6.52. The van der Waals surface area contributed by atoms with Crippen LogP contribution in [0.15, 0.2) is 0 Å². The summed E-state index contributed by atoms with van der Waals surface area (Å²) in [5.41, 5.74) is 0. The fourth-order valence-electron chi connectivity index (χ4n) is 1.76. The van der Waals surface area contributed by atoms with Crippen LogP contribution in [0.25, 0.3) is 0 Å². The SMILES string of the molecule is CCCCC[O][Zr]([Cl])([O]CCCCC)[O]CCCCC. The Morgan fingerprint density at radius 2 is 0.900 bits per heavy atom. The predicted molar refractivity (Wildman–Crippen MR) is 82.3 cm³/mol. The summed E-state index contributed by atoms with van der Waals surface area (Å²) >= 11 is -3.72. The van der Waals surface area contributed by atoms with Gasteiger partial charge in [-0.25, -0.2) is 0 Å². The Labute approximate surface area is 135 Å². The summed E-state index contributed by atoms with van der Waals surface area (Å²) in [6, 6.07) is 0. The summed E-state index contributed by atoms with van der Waals surface area (Å²) in [6.07, 6.45) is 10.2. The van der Waals surface area contributed by atoms with Crippen LogP contribution in [0.3, 0.4) is 0 Å². The first kappa shape index (κ1) is 21.1. The molecule has 0 N–H and O–H groups in total. The maximum atomic E-state index is 6.52. The van der Waals surface area contributed by atoms with Crippen LogP contribution in [-0.4, -0.2) is 19.8 Å². The van der Waals surface area contributed by atoms with Crippen LogP contribution < -0.4 is 0 Å². The fourth-order valence-corrected chi connectivity index (χ4v) is 6.61. The molecule has 0 atom stereocenters. The first-order valence-corrected chi connectivity index (χ1v) is 14.5. The topological polar surface area (TPSA) is 27.7 Å². The molecule has 0 saturated carbocycles. The van der Waals surface area contributed by atoms with Gasteiger partial charge in [0.2, 0.25) is 0 Å². The third-order valence-corrected chi connectivity index (χ3v) is 9.05. The Morgan fingerprint density at radius 1 is 0.600 bits per heavy atom. The molecule has 0 unspecified atom stereocenters. The summed E-state index contributed by atoms with van der Waals surface area (Å²) < 4.78 is 17.5. The molecule has 0 amide bonds. The zero-order chi connectivity index (χ0) is 15.1. The van der Waals surface area contributed by atoms with Gasteiger partial charge in [-0.1, -0.05) is 0 Å². The third-order valence-electron chi connectivity index (χ3n) is 3.07. The van der Waals surface area contributed by atoms with Gasteiger partial charge >= 0.3 is 136 Å². The van der Waals surface area contributed by atoms with Gasteiger partial charge in [0.05, 0.1) is 0 Å². The monoisotopic (exact) mass is 386 g/mol. The molecule has 0 bridgehead atoms. The molecule has 0 aliphatic carbocycles. The molecular weight excluding hydrogens is 355 g/mol. The molecule has 0 spiro atoms. The van der Waals surface area contributed by atoms with Gasteiger partial charge in [0.15, 0.2) is 0 Å². The van der Waals surface area contributed by atoms with Crippen molar-refractivity contribution in [3.8, 4) is 0 Å². The second-order valence-electron chi connectivity index (χ2n) is 5.15. The van der Waals surface area contributed by atoms with Crippen LogP contribution in [0.1, 0.15) is 78.6 Å². The van der Waals surface area contributed by atoms with E-state index in [4.69, 9.17) is 17.0 Å². The van der Waals surface area contributed by atoms with E-state index in [9.17, 15) is 0 Å².